The predicted molar refractivity (Wildman–Crippen MR) is 103 cm³/mol. The van der Waals surface area contributed by atoms with Gasteiger partial charge < -0.3 is 5.32 Å². The average Bonchev–Trinajstić information content (AvgIpc) is 2.69. The van der Waals surface area contributed by atoms with E-state index in [1.54, 1.807) is 5.48 Å². The first-order valence-electron chi connectivity index (χ1n) is 8.24. The van der Waals surface area contributed by atoms with Crippen molar-refractivity contribution in [3.63, 3.8) is 0 Å². The van der Waals surface area contributed by atoms with Crippen molar-refractivity contribution in [1.82, 2.24) is 5.48 Å². The second-order valence-corrected chi connectivity index (χ2v) is 6.36. The number of anilines is 1. The van der Waals surface area contributed by atoms with Gasteiger partial charge in [0.2, 0.25) is 0 Å². The van der Waals surface area contributed by atoms with Gasteiger partial charge in [0.05, 0.1) is 5.92 Å². The number of hydrogen-bond donors (Lipinski definition) is 3. The Balaban J connectivity index is 1.82. The molecule has 0 heterocycles. The van der Waals surface area contributed by atoms with Gasteiger partial charge in [-0.05, 0) is 41.0 Å². The second-order valence-electron chi connectivity index (χ2n) is 5.93. The Morgan fingerprint density at radius 2 is 1.62 bits per heavy atom. The molecule has 0 saturated carbocycles. The van der Waals surface area contributed by atoms with Gasteiger partial charge in [-0.15, -0.1) is 0 Å². The van der Waals surface area contributed by atoms with Gasteiger partial charge in [0.1, 0.15) is 0 Å². The Kier molecular flexibility index (Phi) is 5.89. The quantitative estimate of drug-likeness (QED) is 0.441. The number of halogens is 1. The summed E-state index contributed by atoms with van der Waals surface area (Å²) in [6, 6.07) is 24.6. The van der Waals surface area contributed by atoms with Crippen LogP contribution >= 0.6 is 11.6 Å². The SMILES string of the molecule is O=C(NO)C(c1ccccc1)c1cccc(NCc2ccc(Cl)cc2)c1. The first-order valence-corrected chi connectivity index (χ1v) is 8.62. The van der Waals surface area contributed by atoms with Gasteiger partial charge in [0.25, 0.3) is 5.91 Å². The molecule has 4 nitrogen and oxygen atoms in total. The van der Waals surface area contributed by atoms with Gasteiger partial charge in [-0.25, -0.2) is 5.48 Å². The monoisotopic (exact) mass is 366 g/mol. The number of nitrogens with one attached hydrogen (secondary N) is 2. The summed E-state index contributed by atoms with van der Waals surface area (Å²) < 4.78 is 0. The number of hydroxylamine groups is 1. The van der Waals surface area contributed by atoms with Crippen LogP contribution in [0.4, 0.5) is 5.69 Å². The van der Waals surface area contributed by atoms with Crippen molar-refractivity contribution < 1.29 is 10.0 Å². The third-order valence-electron chi connectivity index (χ3n) is 4.14. The van der Waals surface area contributed by atoms with Gasteiger partial charge in [-0.3, -0.25) is 10.0 Å². The van der Waals surface area contributed by atoms with Gasteiger partial charge >= 0.3 is 0 Å². The lowest BCUT2D eigenvalue weighted by molar-refractivity contribution is -0.129. The first kappa shape index (κ1) is 18.0. The van der Waals surface area contributed by atoms with Crippen LogP contribution in [-0.4, -0.2) is 11.1 Å². The standard InChI is InChI=1S/C21H19ClN2O2/c22-18-11-9-15(10-12-18)14-23-19-8-4-7-17(13-19)20(21(25)24-26)16-5-2-1-3-6-16/h1-13,20,23,26H,14H2,(H,24,25). The van der Waals surface area contributed by atoms with E-state index in [1.165, 1.54) is 0 Å². The highest BCUT2D eigenvalue weighted by molar-refractivity contribution is 6.30. The maximum atomic E-state index is 12.2. The molecule has 132 valence electrons. The number of rotatable bonds is 6. The van der Waals surface area contributed by atoms with E-state index in [4.69, 9.17) is 16.8 Å². The molecule has 0 aliphatic rings. The fourth-order valence-corrected chi connectivity index (χ4v) is 2.97. The molecule has 5 heteroatoms. The Labute approximate surface area is 157 Å². The van der Waals surface area contributed by atoms with Crippen molar-refractivity contribution in [3.8, 4) is 0 Å². The van der Waals surface area contributed by atoms with Gasteiger partial charge in [0.15, 0.2) is 0 Å². The minimum absolute atomic E-state index is 0.467. The van der Waals surface area contributed by atoms with E-state index in [9.17, 15) is 4.79 Å². The minimum Gasteiger partial charge on any atom is -0.381 e. The zero-order valence-electron chi connectivity index (χ0n) is 14.0. The highest BCUT2D eigenvalue weighted by Crippen LogP contribution is 2.27. The summed E-state index contributed by atoms with van der Waals surface area (Å²) in [5.41, 5.74) is 5.38. The maximum absolute atomic E-state index is 12.2. The van der Waals surface area contributed by atoms with E-state index in [0.717, 1.165) is 22.4 Å². The summed E-state index contributed by atoms with van der Waals surface area (Å²) >= 11 is 5.91. The largest absolute Gasteiger partial charge is 0.381 e. The van der Waals surface area contributed by atoms with Crippen LogP contribution in [0.2, 0.25) is 5.02 Å². The molecule has 0 radical (unpaired) electrons. The number of hydrogen-bond acceptors (Lipinski definition) is 3. The van der Waals surface area contributed by atoms with E-state index < -0.39 is 11.8 Å². The molecular formula is C21H19ClN2O2. The predicted octanol–water partition coefficient (Wildman–Crippen LogP) is 4.59. The Morgan fingerprint density at radius 3 is 2.31 bits per heavy atom. The van der Waals surface area contributed by atoms with E-state index in [0.29, 0.717) is 11.6 Å². The van der Waals surface area contributed by atoms with E-state index >= 15 is 0 Å². The number of benzene rings is 3. The average molecular weight is 367 g/mol. The molecule has 0 aliphatic heterocycles. The zero-order valence-corrected chi connectivity index (χ0v) is 14.8. The Morgan fingerprint density at radius 1 is 0.923 bits per heavy atom. The fraction of sp³-hybridized carbons (Fsp3) is 0.0952. The highest BCUT2D eigenvalue weighted by atomic mass is 35.5. The van der Waals surface area contributed by atoms with Crippen LogP contribution in [0.5, 0.6) is 0 Å². The van der Waals surface area contributed by atoms with Crippen LogP contribution in [0.1, 0.15) is 22.6 Å². The maximum Gasteiger partial charge on any atom is 0.255 e. The molecule has 0 aliphatic carbocycles. The molecule has 3 rings (SSSR count). The molecule has 3 N–H and O–H groups in total. The molecule has 0 fully saturated rings. The zero-order chi connectivity index (χ0) is 18.4. The molecule has 1 unspecified atom stereocenters. The van der Waals surface area contributed by atoms with Crippen LogP contribution < -0.4 is 10.8 Å². The molecule has 3 aromatic rings. The molecule has 0 aromatic heterocycles. The minimum atomic E-state index is -0.585. The van der Waals surface area contributed by atoms with E-state index in [1.807, 2.05) is 78.9 Å². The number of carbonyl (C=O) groups is 1. The van der Waals surface area contributed by atoms with Crippen molar-refractivity contribution in [2.75, 3.05) is 5.32 Å². The molecule has 1 atom stereocenters. The van der Waals surface area contributed by atoms with E-state index in [-0.39, 0.29) is 0 Å². The molecular weight excluding hydrogens is 348 g/mol. The molecule has 3 aromatic carbocycles. The van der Waals surface area contributed by atoms with Crippen LogP contribution in [0.25, 0.3) is 0 Å². The molecule has 0 saturated heterocycles. The summed E-state index contributed by atoms with van der Waals surface area (Å²) in [7, 11) is 0. The van der Waals surface area contributed by atoms with Crippen molar-refractivity contribution in [2.45, 2.75) is 12.5 Å². The smallest absolute Gasteiger partial charge is 0.255 e. The third kappa shape index (κ3) is 4.42. The van der Waals surface area contributed by atoms with Crippen LogP contribution in [-0.2, 0) is 11.3 Å². The van der Waals surface area contributed by atoms with Crippen molar-refractivity contribution >= 4 is 23.2 Å². The number of carbonyl (C=O) groups excluding carboxylic acids is 1. The third-order valence-corrected chi connectivity index (χ3v) is 4.39. The van der Waals surface area contributed by atoms with Crippen molar-refractivity contribution in [2.24, 2.45) is 0 Å². The van der Waals surface area contributed by atoms with Gasteiger partial charge in [-0.2, -0.15) is 0 Å². The Hall–Kier alpha value is -2.82. The summed E-state index contributed by atoms with van der Waals surface area (Å²) in [5, 5.41) is 13.2. The molecule has 1 amide bonds. The molecule has 26 heavy (non-hydrogen) atoms. The molecule has 0 bridgehead atoms. The normalized spacial score (nSPS) is 11.6. The van der Waals surface area contributed by atoms with Crippen LogP contribution in [0, 0.1) is 0 Å². The van der Waals surface area contributed by atoms with Gasteiger partial charge in [-0.1, -0.05) is 66.2 Å². The summed E-state index contributed by atoms with van der Waals surface area (Å²) in [6.45, 7) is 0.642. The Bertz CT molecular complexity index is 867. The summed E-state index contributed by atoms with van der Waals surface area (Å²) in [5.74, 6) is -1.05. The number of amides is 1. The second kappa shape index (κ2) is 8.52. The summed E-state index contributed by atoms with van der Waals surface area (Å²) in [6.07, 6.45) is 0. The lowest BCUT2D eigenvalue weighted by atomic mass is 9.90. The lowest BCUT2D eigenvalue weighted by Crippen LogP contribution is -2.27. The van der Waals surface area contributed by atoms with Gasteiger partial charge in [0, 0.05) is 17.3 Å². The van der Waals surface area contributed by atoms with Crippen LogP contribution in [0.15, 0.2) is 78.9 Å². The first-order chi connectivity index (χ1) is 12.7. The topological polar surface area (TPSA) is 61.4 Å². The highest BCUT2D eigenvalue weighted by Gasteiger charge is 2.22. The summed E-state index contributed by atoms with van der Waals surface area (Å²) in [4.78, 5) is 12.2. The molecule has 0 spiro atoms. The van der Waals surface area contributed by atoms with Crippen molar-refractivity contribution in [3.05, 3.63) is 101 Å². The lowest BCUT2D eigenvalue weighted by Gasteiger charge is -2.17. The van der Waals surface area contributed by atoms with Crippen molar-refractivity contribution in [1.29, 1.82) is 0 Å². The fourth-order valence-electron chi connectivity index (χ4n) is 2.84. The van der Waals surface area contributed by atoms with E-state index in [2.05, 4.69) is 5.32 Å². The van der Waals surface area contributed by atoms with Crippen LogP contribution in [0.3, 0.4) is 0 Å².